The van der Waals surface area contributed by atoms with E-state index in [1.54, 1.807) is 12.1 Å². The van der Waals surface area contributed by atoms with Gasteiger partial charge in [0.05, 0.1) is 23.4 Å². The highest BCUT2D eigenvalue weighted by molar-refractivity contribution is 6.33. The average Bonchev–Trinajstić information content (AvgIpc) is 2.56. The summed E-state index contributed by atoms with van der Waals surface area (Å²) in [5.41, 5.74) is 1.21. The Labute approximate surface area is 143 Å². The number of benzene rings is 2. The number of carbonyl (C=O) groups excluding carboxylic acids is 2. The molecule has 0 saturated carbocycles. The monoisotopic (exact) mass is 350 g/mol. The standard InChI is InChI=1S/C17H16ClFN2O3/c1-24-17(23)11-5-6-14(18)15(9-11)21-16(22)7-8-20-13-4-2-3-12(19)10-13/h2-6,9-10,20H,7-8H2,1H3,(H,21,22). The Balaban J connectivity index is 1.91. The zero-order valence-electron chi connectivity index (χ0n) is 12.9. The first-order valence-electron chi connectivity index (χ1n) is 7.17. The van der Waals surface area contributed by atoms with Crippen LogP contribution in [0.1, 0.15) is 16.8 Å². The number of halogens is 2. The van der Waals surface area contributed by atoms with Crippen LogP contribution in [-0.4, -0.2) is 25.5 Å². The van der Waals surface area contributed by atoms with Crippen LogP contribution >= 0.6 is 11.6 Å². The first kappa shape index (κ1) is 17.7. The number of anilines is 2. The Kier molecular flexibility index (Phi) is 6.14. The topological polar surface area (TPSA) is 67.4 Å². The van der Waals surface area contributed by atoms with Gasteiger partial charge < -0.3 is 15.4 Å². The number of rotatable bonds is 6. The predicted molar refractivity (Wildman–Crippen MR) is 90.9 cm³/mol. The zero-order chi connectivity index (χ0) is 17.5. The number of amides is 1. The normalized spacial score (nSPS) is 10.1. The summed E-state index contributed by atoms with van der Waals surface area (Å²) in [7, 11) is 1.27. The molecule has 0 unspecified atom stereocenters. The highest BCUT2D eigenvalue weighted by Gasteiger charge is 2.11. The van der Waals surface area contributed by atoms with Crippen molar-refractivity contribution in [3.05, 3.63) is 58.9 Å². The lowest BCUT2D eigenvalue weighted by molar-refractivity contribution is -0.115. The Morgan fingerprint density at radius 3 is 2.71 bits per heavy atom. The molecule has 0 atom stereocenters. The van der Waals surface area contributed by atoms with Crippen molar-refractivity contribution in [2.45, 2.75) is 6.42 Å². The second kappa shape index (κ2) is 8.31. The van der Waals surface area contributed by atoms with Crippen LogP contribution in [0.2, 0.25) is 5.02 Å². The average molecular weight is 351 g/mol. The summed E-state index contributed by atoms with van der Waals surface area (Å²) < 4.78 is 17.7. The van der Waals surface area contributed by atoms with Gasteiger partial charge in [-0.1, -0.05) is 17.7 Å². The van der Waals surface area contributed by atoms with Crippen LogP contribution in [-0.2, 0) is 9.53 Å². The van der Waals surface area contributed by atoms with Crippen molar-refractivity contribution < 1.29 is 18.7 Å². The van der Waals surface area contributed by atoms with Gasteiger partial charge in [-0.15, -0.1) is 0 Å². The Bertz CT molecular complexity index is 752. The van der Waals surface area contributed by atoms with Gasteiger partial charge in [-0.3, -0.25) is 4.79 Å². The van der Waals surface area contributed by atoms with E-state index in [1.165, 1.54) is 37.4 Å². The molecule has 0 spiro atoms. The SMILES string of the molecule is COC(=O)c1ccc(Cl)c(NC(=O)CCNc2cccc(F)c2)c1. The number of esters is 1. The van der Waals surface area contributed by atoms with Crippen molar-refractivity contribution in [2.75, 3.05) is 24.3 Å². The summed E-state index contributed by atoms with van der Waals surface area (Å²) in [5.74, 6) is -1.16. The van der Waals surface area contributed by atoms with Gasteiger partial charge in [-0.25, -0.2) is 9.18 Å². The maximum absolute atomic E-state index is 13.0. The van der Waals surface area contributed by atoms with Gasteiger partial charge in [-0.05, 0) is 36.4 Å². The minimum atomic E-state index is -0.519. The van der Waals surface area contributed by atoms with Crippen LogP contribution in [0.5, 0.6) is 0 Å². The summed E-state index contributed by atoms with van der Waals surface area (Å²) >= 11 is 6.01. The van der Waals surface area contributed by atoms with Gasteiger partial charge >= 0.3 is 5.97 Å². The van der Waals surface area contributed by atoms with E-state index in [-0.39, 0.29) is 23.7 Å². The fraction of sp³-hybridized carbons (Fsp3) is 0.176. The van der Waals surface area contributed by atoms with Gasteiger partial charge in [0.2, 0.25) is 5.91 Å². The highest BCUT2D eigenvalue weighted by Crippen LogP contribution is 2.23. The van der Waals surface area contributed by atoms with E-state index in [9.17, 15) is 14.0 Å². The van der Waals surface area contributed by atoms with Crippen LogP contribution < -0.4 is 10.6 Å². The van der Waals surface area contributed by atoms with Crippen molar-refractivity contribution in [1.29, 1.82) is 0 Å². The number of nitrogens with one attached hydrogen (secondary N) is 2. The van der Waals surface area contributed by atoms with E-state index in [1.807, 2.05) is 0 Å². The van der Waals surface area contributed by atoms with Gasteiger partial charge in [-0.2, -0.15) is 0 Å². The van der Waals surface area contributed by atoms with E-state index in [0.717, 1.165) is 0 Å². The molecule has 2 aromatic carbocycles. The first-order valence-corrected chi connectivity index (χ1v) is 7.54. The van der Waals surface area contributed by atoms with Crippen LogP contribution in [0, 0.1) is 5.82 Å². The molecule has 2 N–H and O–H groups in total. The van der Waals surface area contributed by atoms with Crippen LogP contribution in [0.25, 0.3) is 0 Å². The predicted octanol–water partition coefficient (Wildman–Crippen LogP) is 3.71. The van der Waals surface area contributed by atoms with Crippen LogP contribution in [0.15, 0.2) is 42.5 Å². The van der Waals surface area contributed by atoms with Crippen molar-refractivity contribution in [3.8, 4) is 0 Å². The molecular formula is C17H16ClFN2O3. The molecule has 1 amide bonds. The van der Waals surface area contributed by atoms with Crippen molar-refractivity contribution >= 4 is 34.9 Å². The molecule has 0 aliphatic heterocycles. The van der Waals surface area contributed by atoms with Gasteiger partial charge in [0.1, 0.15) is 5.82 Å². The third-order valence-corrected chi connectivity index (χ3v) is 3.50. The summed E-state index contributed by atoms with van der Waals surface area (Å²) in [6.07, 6.45) is 0.148. The molecule has 0 aliphatic rings. The minimum Gasteiger partial charge on any atom is -0.465 e. The lowest BCUT2D eigenvalue weighted by Crippen LogP contribution is -2.17. The third-order valence-electron chi connectivity index (χ3n) is 3.17. The van der Waals surface area contributed by atoms with E-state index < -0.39 is 5.97 Å². The maximum Gasteiger partial charge on any atom is 0.337 e. The lowest BCUT2D eigenvalue weighted by atomic mass is 10.2. The molecule has 2 rings (SSSR count). The number of carbonyl (C=O) groups is 2. The molecule has 0 bridgehead atoms. The molecule has 0 aliphatic carbocycles. The zero-order valence-corrected chi connectivity index (χ0v) is 13.7. The molecule has 7 heteroatoms. The highest BCUT2D eigenvalue weighted by atomic mass is 35.5. The number of hydrogen-bond donors (Lipinski definition) is 2. The maximum atomic E-state index is 13.0. The molecule has 0 heterocycles. The molecule has 5 nitrogen and oxygen atoms in total. The van der Waals surface area contributed by atoms with E-state index >= 15 is 0 Å². The van der Waals surface area contributed by atoms with Crippen LogP contribution in [0.4, 0.5) is 15.8 Å². The molecule has 0 fully saturated rings. The van der Waals surface area contributed by atoms with E-state index in [2.05, 4.69) is 15.4 Å². The lowest BCUT2D eigenvalue weighted by Gasteiger charge is -2.10. The fourth-order valence-electron chi connectivity index (χ4n) is 2.00. The molecule has 0 radical (unpaired) electrons. The van der Waals surface area contributed by atoms with E-state index in [0.29, 0.717) is 22.9 Å². The largest absolute Gasteiger partial charge is 0.465 e. The van der Waals surface area contributed by atoms with Crippen molar-refractivity contribution in [1.82, 2.24) is 0 Å². The molecule has 126 valence electrons. The Morgan fingerprint density at radius 2 is 2.00 bits per heavy atom. The molecule has 0 saturated heterocycles. The quantitative estimate of drug-likeness (QED) is 0.779. The van der Waals surface area contributed by atoms with Crippen molar-refractivity contribution in [2.24, 2.45) is 0 Å². The molecule has 2 aromatic rings. The third kappa shape index (κ3) is 4.96. The number of hydrogen-bond acceptors (Lipinski definition) is 4. The van der Waals surface area contributed by atoms with E-state index in [4.69, 9.17) is 11.6 Å². The number of ether oxygens (including phenoxy) is 1. The Hall–Kier alpha value is -2.60. The molecular weight excluding hydrogens is 335 g/mol. The smallest absolute Gasteiger partial charge is 0.337 e. The summed E-state index contributed by atoms with van der Waals surface area (Å²) in [6.45, 7) is 0.323. The summed E-state index contributed by atoms with van der Waals surface area (Å²) in [6, 6.07) is 10.4. The minimum absolute atomic E-state index is 0.148. The van der Waals surface area contributed by atoms with Gasteiger partial charge in [0, 0.05) is 18.7 Å². The summed E-state index contributed by atoms with van der Waals surface area (Å²) in [5, 5.41) is 5.90. The number of methoxy groups -OCH3 is 1. The van der Waals surface area contributed by atoms with Gasteiger partial charge in [0.25, 0.3) is 0 Å². The molecule has 24 heavy (non-hydrogen) atoms. The fourth-order valence-corrected chi connectivity index (χ4v) is 2.16. The van der Waals surface area contributed by atoms with Gasteiger partial charge in [0.15, 0.2) is 0 Å². The Morgan fingerprint density at radius 1 is 1.21 bits per heavy atom. The van der Waals surface area contributed by atoms with Crippen LogP contribution in [0.3, 0.4) is 0 Å². The summed E-state index contributed by atoms with van der Waals surface area (Å²) in [4.78, 5) is 23.5. The molecule has 0 aromatic heterocycles. The first-order chi connectivity index (χ1) is 11.5. The second-order valence-electron chi connectivity index (χ2n) is 4.92. The van der Waals surface area contributed by atoms with Crippen molar-refractivity contribution in [3.63, 3.8) is 0 Å². The second-order valence-corrected chi connectivity index (χ2v) is 5.33.